The molecule has 1 aromatic heterocycles. The van der Waals surface area contributed by atoms with Crippen LogP contribution < -0.4 is 14.2 Å². The lowest BCUT2D eigenvalue weighted by Gasteiger charge is -2.14. The minimum atomic E-state index is -3.88. The molecule has 1 heterocycles. The minimum absolute atomic E-state index is 0.157. The Morgan fingerprint density at radius 2 is 1.63 bits per heavy atom. The summed E-state index contributed by atoms with van der Waals surface area (Å²) in [7, 11) is -0.971. The third-order valence-corrected chi connectivity index (χ3v) is 6.75. The lowest BCUT2D eigenvalue weighted by molar-refractivity contribution is 0.405. The number of nitrogens with zero attached hydrogens (tertiary/aromatic N) is 1. The van der Waals surface area contributed by atoms with E-state index in [2.05, 4.69) is 16.2 Å². The molecule has 0 atom stereocenters. The first-order valence-corrected chi connectivity index (χ1v) is 11.2. The Labute approximate surface area is 180 Å². The molecule has 0 aliphatic rings. The number of fused-ring (bicyclic) bond motifs is 3. The van der Waals surface area contributed by atoms with Crippen molar-refractivity contribution in [2.24, 2.45) is 0 Å². The fraction of sp³-hybridized carbons (Fsp3) is 0.182. The number of hydrogen-bond acceptors (Lipinski definition) is 4. The molecule has 0 saturated carbocycles. The smallest absolute Gasteiger partial charge is 0.262 e. The zero-order valence-corrected chi connectivity index (χ0v) is 18.3. The van der Waals surface area contributed by atoms with Crippen LogP contribution in [0.25, 0.3) is 21.8 Å². The number of halogens is 1. The molecule has 156 valence electrons. The van der Waals surface area contributed by atoms with Crippen LogP contribution in [-0.2, 0) is 16.6 Å². The first-order valence-electron chi connectivity index (χ1n) is 9.35. The molecule has 8 heteroatoms. The molecule has 0 saturated heterocycles. The van der Waals surface area contributed by atoms with Crippen LogP contribution in [0, 0.1) is 0 Å². The fourth-order valence-corrected chi connectivity index (χ4v) is 5.00. The number of aryl methyl sites for hydroxylation is 1. The van der Waals surface area contributed by atoms with Gasteiger partial charge in [0.15, 0.2) is 0 Å². The van der Waals surface area contributed by atoms with Crippen LogP contribution in [0.4, 0.5) is 5.69 Å². The van der Waals surface area contributed by atoms with Gasteiger partial charge in [0.1, 0.15) is 11.5 Å². The van der Waals surface area contributed by atoms with Gasteiger partial charge in [-0.1, -0.05) is 29.8 Å². The van der Waals surface area contributed by atoms with Crippen molar-refractivity contribution in [1.29, 1.82) is 0 Å². The highest BCUT2D eigenvalue weighted by Gasteiger charge is 2.20. The van der Waals surface area contributed by atoms with Crippen LogP contribution >= 0.6 is 11.6 Å². The Morgan fingerprint density at radius 3 is 2.33 bits per heavy atom. The molecule has 0 aliphatic heterocycles. The van der Waals surface area contributed by atoms with Gasteiger partial charge >= 0.3 is 0 Å². The summed E-state index contributed by atoms with van der Waals surface area (Å²) >= 11 is 6.12. The number of hydrogen-bond donors (Lipinski definition) is 1. The second-order valence-corrected chi connectivity index (χ2v) is 8.82. The van der Waals surface area contributed by atoms with Gasteiger partial charge in [0.05, 0.1) is 29.8 Å². The number of nitrogens with one attached hydrogen (secondary N) is 1. The van der Waals surface area contributed by atoms with Crippen LogP contribution in [-0.4, -0.2) is 27.2 Å². The maximum absolute atomic E-state index is 13.2. The molecule has 4 rings (SSSR count). The van der Waals surface area contributed by atoms with Crippen LogP contribution in [0.15, 0.2) is 59.5 Å². The highest BCUT2D eigenvalue weighted by atomic mass is 35.5. The predicted molar refractivity (Wildman–Crippen MR) is 120 cm³/mol. The fourth-order valence-electron chi connectivity index (χ4n) is 3.68. The van der Waals surface area contributed by atoms with Crippen molar-refractivity contribution in [1.82, 2.24) is 4.57 Å². The SMILES string of the molecule is CCn1c2ccccc2c2cc(S(=O)(=O)Nc3cc(OC)c(Cl)cc3OC)ccc21. The van der Waals surface area contributed by atoms with Gasteiger partial charge in [-0.15, -0.1) is 0 Å². The van der Waals surface area contributed by atoms with E-state index in [9.17, 15) is 8.42 Å². The van der Waals surface area contributed by atoms with Gasteiger partial charge < -0.3 is 14.0 Å². The molecule has 1 N–H and O–H groups in total. The Balaban J connectivity index is 1.83. The number of para-hydroxylation sites is 1. The van der Waals surface area contributed by atoms with E-state index >= 15 is 0 Å². The van der Waals surface area contributed by atoms with Gasteiger partial charge in [0.2, 0.25) is 0 Å². The van der Waals surface area contributed by atoms with Crippen molar-refractivity contribution in [2.45, 2.75) is 18.4 Å². The van der Waals surface area contributed by atoms with Crippen molar-refractivity contribution in [3.05, 3.63) is 59.6 Å². The van der Waals surface area contributed by atoms with Crippen molar-refractivity contribution < 1.29 is 17.9 Å². The molecular weight excluding hydrogens is 424 g/mol. The summed E-state index contributed by atoms with van der Waals surface area (Å²) in [4.78, 5) is 0.157. The first kappa shape index (κ1) is 20.4. The molecule has 0 bridgehead atoms. The molecule has 30 heavy (non-hydrogen) atoms. The quantitative estimate of drug-likeness (QED) is 0.439. The zero-order chi connectivity index (χ0) is 21.5. The topological polar surface area (TPSA) is 69.6 Å². The average molecular weight is 445 g/mol. The van der Waals surface area contributed by atoms with Gasteiger partial charge in [0, 0.05) is 40.5 Å². The third kappa shape index (κ3) is 3.34. The van der Waals surface area contributed by atoms with Gasteiger partial charge in [-0.25, -0.2) is 8.42 Å². The standard InChI is InChI=1S/C22H21ClN2O4S/c1-4-25-19-8-6-5-7-15(19)16-11-14(9-10-20(16)25)30(26,27)24-18-13-21(28-2)17(23)12-22(18)29-3/h5-13,24H,4H2,1-3H3. The lowest BCUT2D eigenvalue weighted by atomic mass is 10.1. The van der Waals surface area contributed by atoms with Crippen LogP contribution in [0.5, 0.6) is 11.5 Å². The van der Waals surface area contributed by atoms with Crippen molar-refractivity contribution in [3.63, 3.8) is 0 Å². The van der Waals surface area contributed by atoms with Crippen molar-refractivity contribution in [2.75, 3.05) is 18.9 Å². The normalized spacial score (nSPS) is 11.7. The molecule has 0 radical (unpaired) electrons. The average Bonchev–Trinajstić information content (AvgIpc) is 3.07. The summed E-state index contributed by atoms with van der Waals surface area (Å²) in [5, 5.41) is 2.22. The molecule has 0 amide bonds. The van der Waals surface area contributed by atoms with E-state index in [0.29, 0.717) is 16.5 Å². The number of aromatic nitrogens is 1. The first-order chi connectivity index (χ1) is 14.4. The molecule has 0 unspecified atom stereocenters. The second kappa shape index (κ2) is 7.74. The molecule has 0 aliphatic carbocycles. The molecule has 6 nitrogen and oxygen atoms in total. The number of rotatable bonds is 6. The largest absolute Gasteiger partial charge is 0.495 e. The Bertz CT molecular complexity index is 1360. The number of benzene rings is 3. The van der Waals surface area contributed by atoms with Gasteiger partial charge in [-0.3, -0.25) is 4.72 Å². The summed E-state index contributed by atoms with van der Waals surface area (Å²) in [5.74, 6) is 0.643. The Hall–Kier alpha value is -2.90. The number of methoxy groups -OCH3 is 2. The summed E-state index contributed by atoms with van der Waals surface area (Å²) < 4.78 is 41.6. The number of anilines is 1. The predicted octanol–water partition coefficient (Wildman–Crippen LogP) is 5.29. The molecule has 3 aromatic carbocycles. The van der Waals surface area contributed by atoms with Crippen LogP contribution in [0.3, 0.4) is 0 Å². The monoisotopic (exact) mass is 444 g/mol. The lowest BCUT2D eigenvalue weighted by Crippen LogP contribution is -2.14. The molecular formula is C22H21ClN2O4S. The number of sulfonamides is 1. The van der Waals surface area contributed by atoms with E-state index in [1.807, 2.05) is 30.3 Å². The second-order valence-electron chi connectivity index (χ2n) is 6.73. The highest BCUT2D eigenvalue weighted by molar-refractivity contribution is 7.92. The van der Waals surface area contributed by atoms with E-state index in [-0.39, 0.29) is 10.6 Å². The van der Waals surface area contributed by atoms with Crippen LogP contribution in [0.2, 0.25) is 5.02 Å². The van der Waals surface area contributed by atoms with Crippen molar-refractivity contribution in [3.8, 4) is 11.5 Å². The summed E-state index contributed by atoms with van der Waals surface area (Å²) in [6.07, 6.45) is 0. The maximum atomic E-state index is 13.2. The highest BCUT2D eigenvalue weighted by Crippen LogP contribution is 2.37. The van der Waals surface area contributed by atoms with E-state index in [1.54, 1.807) is 12.1 Å². The summed E-state index contributed by atoms with van der Waals surface area (Å²) in [6, 6.07) is 16.1. The Kier molecular flexibility index (Phi) is 5.26. The minimum Gasteiger partial charge on any atom is -0.495 e. The van der Waals surface area contributed by atoms with Crippen molar-refractivity contribution >= 4 is 49.1 Å². The third-order valence-electron chi connectivity index (χ3n) is 5.09. The van der Waals surface area contributed by atoms with E-state index in [1.165, 1.54) is 26.4 Å². The van der Waals surface area contributed by atoms with Gasteiger partial charge in [-0.05, 0) is 31.2 Å². The summed E-state index contributed by atoms with van der Waals surface area (Å²) in [6.45, 7) is 2.86. The summed E-state index contributed by atoms with van der Waals surface area (Å²) in [5.41, 5.74) is 2.31. The van der Waals surface area contributed by atoms with Gasteiger partial charge in [0.25, 0.3) is 10.0 Å². The molecule has 4 aromatic rings. The maximum Gasteiger partial charge on any atom is 0.262 e. The molecule has 0 fully saturated rings. The van der Waals surface area contributed by atoms with E-state index < -0.39 is 10.0 Å². The van der Waals surface area contributed by atoms with E-state index in [0.717, 1.165) is 28.4 Å². The van der Waals surface area contributed by atoms with Gasteiger partial charge in [-0.2, -0.15) is 0 Å². The zero-order valence-electron chi connectivity index (χ0n) is 16.8. The Morgan fingerprint density at radius 1 is 0.933 bits per heavy atom. The molecule has 0 spiro atoms. The number of ether oxygens (including phenoxy) is 2. The van der Waals surface area contributed by atoms with Crippen LogP contribution in [0.1, 0.15) is 6.92 Å². The van der Waals surface area contributed by atoms with E-state index in [4.69, 9.17) is 21.1 Å².